The Balaban J connectivity index is 1.42. The summed E-state index contributed by atoms with van der Waals surface area (Å²) in [7, 11) is 0.302. The molecule has 9 nitrogen and oxygen atoms in total. The Morgan fingerprint density at radius 3 is 2.56 bits per heavy atom. The maximum absolute atomic E-state index is 12.6. The highest BCUT2D eigenvalue weighted by Crippen LogP contribution is 2.38. The zero-order chi connectivity index (χ0) is 32.5. The van der Waals surface area contributed by atoms with Crippen LogP contribution in [0.25, 0.3) is 26.9 Å². The van der Waals surface area contributed by atoms with Crippen LogP contribution in [0.4, 0.5) is 10.6 Å². The van der Waals surface area contributed by atoms with Crippen molar-refractivity contribution in [3.63, 3.8) is 0 Å². The standard InChI is InChI=1S/C34H40N4O5S2/c1-21(30-12-13-31(44-30)25-11-9-8-10-24(25)20-38(6)33(39)43-34(3,4)5)35-32-27-18-26(23-14-16-45(40,41)17-15-23)29(42-7)19-28(27)36-22(2)37-32/h8-14,18-19,21H,15-17,20H2,1-7H3,(H,35,36,37). The van der Waals surface area contributed by atoms with Crippen molar-refractivity contribution in [3.8, 4) is 16.2 Å². The molecular weight excluding hydrogens is 609 g/mol. The van der Waals surface area contributed by atoms with Crippen molar-refractivity contribution in [1.82, 2.24) is 14.9 Å². The van der Waals surface area contributed by atoms with Crippen LogP contribution < -0.4 is 10.1 Å². The third-order valence-electron chi connectivity index (χ3n) is 7.54. The molecule has 4 aromatic rings. The highest BCUT2D eigenvalue weighted by atomic mass is 32.2. The number of benzene rings is 2. The Hall–Kier alpha value is -3.96. The average molecular weight is 649 g/mol. The normalized spacial score (nSPS) is 15.3. The van der Waals surface area contributed by atoms with Gasteiger partial charge in [-0.2, -0.15) is 0 Å². The van der Waals surface area contributed by atoms with Gasteiger partial charge < -0.3 is 19.7 Å². The summed E-state index contributed by atoms with van der Waals surface area (Å²) in [6.45, 7) is 9.96. The van der Waals surface area contributed by atoms with Crippen molar-refractivity contribution < 1.29 is 22.7 Å². The fraction of sp³-hybridized carbons (Fsp3) is 0.382. The van der Waals surface area contributed by atoms with Gasteiger partial charge in [0, 0.05) is 40.4 Å². The van der Waals surface area contributed by atoms with Crippen LogP contribution >= 0.6 is 11.3 Å². The van der Waals surface area contributed by atoms with Crippen LogP contribution in [-0.4, -0.2) is 60.6 Å². The molecule has 238 valence electrons. The van der Waals surface area contributed by atoms with Crippen LogP contribution in [0.2, 0.25) is 0 Å². The molecule has 2 aromatic carbocycles. The molecule has 0 saturated heterocycles. The highest BCUT2D eigenvalue weighted by Gasteiger charge is 2.23. The van der Waals surface area contributed by atoms with E-state index in [1.807, 2.05) is 58.0 Å². The minimum atomic E-state index is -3.06. The summed E-state index contributed by atoms with van der Waals surface area (Å²) >= 11 is 1.69. The third kappa shape index (κ3) is 7.65. The van der Waals surface area contributed by atoms with Gasteiger partial charge in [-0.25, -0.2) is 23.2 Å². The Labute approximate surface area is 269 Å². The molecule has 1 aliphatic heterocycles. The molecule has 3 heterocycles. The zero-order valence-electron chi connectivity index (χ0n) is 26.8. The predicted molar refractivity (Wildman–Crippen MR) is 182 cm³/mol. The van der Waals surface area contributed by atoms with Crippen molar-refractivity contribution >= 4 is 49.6 Å². The summed E-state index contributed by atoms with van der Waals surface area (Å²) < 4.78 is 35.3. The number of fused-ring (bicyclic) bond motifs is 1. The Morgan fingerprint density at radius 1 is 1.11 bits per heavy atom. The number of rotatable bonds is 8. The summed E-state index contributed by atoms with van der Waals surface area (Å²) in [6, 6.07) is 16.2. The first-order valence-corrected chi connectivity index (χ1v) is 17.5. The number of hydrogen-bond acceptors (Lipinski definition) is 9. The van der Waals surface area contributed by atoms with E-state index >= 15 is 0 Å². The lowest BCUT2D eigenvalue weighted by Crippen LogP contribution is -2.33. The zero-order valence-corrected chi connectivity index (χ0v) is 28.4. The summed E-state index contributed by atoms with van der Waals surface area (Å²) in [4.78, 5) is 25.9. The van der Waals surface area contributed by atoms with Crippen LogP contribution in [0.5, 0.6) is 5.75 Å². The van der Waals surface area contributed by atoms with E-state index in [0.717, 1.165) is 42.9 Å². The Kier molecular flexibility index (Phi) is 9.23. The summed E-state index contributed by atoms with van der Waals surface area (Å²) in [5.74, 6) is 2.13. The number of nitrogens with zero attached hydrogens (tertiary/aromatic N) is 3. The van der Waals surface area contributed by atoms with E-state index in [-0.39, 0.29) is 23.6 Å². The SMILES string of the molecule is COc1cc2nc(C)nc(NC(C)c3ccc(-c4ccccc4CN(C)C(=O)OC(C)(C)C)s3)c2cc1C1=CCS(=O)(=O)CC1. The number of aromatic nitrogens is 2. The second-order valence-electron chi connectivity index (χ2n) is 12.3. The van der Waals surface area contributed by atoms with Gasteiger partial charge in [0.05, 0.1) is 30.2 Å². The molecule has 0 saturated carbocycles. The molecule has 1 unspecified atom stereocenters. The van der Waals surface area contributed by atoms with Gasteiger partial charge in [0.1, 0.15) is 23.0 Å². The largest absolute Gasteiger partial charge is 0.496 e. The number of carbonyl (C=O) groups is 1. The topological polar surface area (TPSA) is 111 Å². The van der Waals surface area contributed by atoms with Crippen molar-refractivity contribution in [2.24, 2.45) is 0 Å². The number of allylic oxidation sites excluding steroid dienone is 1. The predicted octanol–water partition coefficient (Wildman–Crippen LogP) is 7.42. The lowest BCUT2D eigenvalue weighted by molar-refractivity contribution is 0.0285. The Bertz CT molecular complexity index is 1880. The van der Waals surface area contributed by atoms with E-state index < -0.39 is 15.4 Å². The van der Waals surface area contributed by atoms with E-state index in [1.54, 1.807) is 36.5 Å². The summed E-state index contributed by atoms with van der Waals surface area (Å²) in [5, 5.41) is 4.44. The number of aryl methyl sites for hydroxylation is 1. The number of nitrogens with one attached hydrogen (secondary N) is 1. The van der Waals surface area contributed by atoms with Gasteiger partial charge in [0.2, 0.25) is 0 Å². The van der Waals surface area contributed by atoms with Gasteiger partial charge >= 0.3 is 6.09 Å². The molecule has 2 aromatic heterocycles. The number of amides is 1. The third-order valence-corrected chi connectivity index (χ3v) is 10.3. The van der Waals surface area contributed by atoms with Gasteiger partial charge in [-0.05, 0) is 75.9 Å². The van der Waals surface area contributed by atoms with Crippen LogP contribution in [0.3, 0.4) is 0 Å². The van der Waals surface area contributed by atoms with Gasteiger partial charge in [-0.1, -0.05) is 30.3 Å². The van der Waals surface area contributed by atoms with Crippen LogP contribution in [-0.2, 0) is 21.1 Å². The number of hydrogen-bond donors (Lipinski definition) is 1. The fourth-order valence-electron chi connectivity index (χ4n) is 5.29. The second-order valence-corrected chi connectivity index (χ2v) is 15.7. The van der Waals surface area contributed by atoms with Gasteiger partial charge in [0.15, 0.2) is 9.84 Å². The molecule has 0 bridgehead atoms. The number of sulfone groups is 1. The van der Waals surface area contributed by atoms with Crippen molar-refractivity contribution in [2.75, 3.05) is 31.0 Å². The van der Waals surface area contributed by atoms with Gasteiger partial charge in [-0.15, -0.1) is 11.3 Å². The monoisotopic (exact) mass is 648 g/mol. The lowest BCUT2D eigenvalue weighted by Gasteiger charge is -2.25. The molecular formula is C34H40N4O5S2. The number of methoxy groups -OCH3 is 1. The smallest absolute Gasteiger partial charge is 0.410 e. The minimum absolute atomic E-state index is 0.0250. The van der Waals surface area contributed by atoms with Gasteiger partial charge in [-0.3, -0.25) is 0 Å². The maximum Gasteiger partial charge on any atom is 0.410 e. The number of anilines is 1. The number of carbonyl (C=O) groups excluding carboxylic acids is 1. The van der Waals surface area contributed by atoms with E-state index in [2.05, 4.69) is 35.4 Å². The van der Waals surface area contributed by atoms with Crippen molar-refractivity contribution in [2.45, 2.75) is 59.2 Å². The highest BCUT2D eigenvalue weighted by molar-refractivity contribution is 7.91. The van der Waals surface area contributed by atoms with Crippen LogP contribution in [0.15, 0.2) is 54.6 Å². The molecule has 45 heavy (non-hydrogen) atoms. The molecule has 0 fully saturated rings. The van der Waals surface area contributed by atoms with E-state index in [0.29, 0.717) is 30.4 Å². The van der Waals surface area contributed by atoms with Crippen molar-refractivity contribution in [3.05, 3.63) is 76.4 Å². The molecule has 0 aliphatic carbocycles. The molecule has 11 heteroatoms. The van der Waals surface area contributed by atoms with Gasteiger partial charge in [0.25, 0.3) is 0 Å². The Morgan fingerprint density at radius 2 is 1.87 bits per heavy atom. The number of thiophene rings is 1. The van der Waals surface area contributed by atoms with E-state index in [1.165, 1.54) is 0 Å². The maximum atomic E-state index is 12.6. The first kappa shape index (κ1) is 32.4. The first-order valence-electron chi connectivity index (χ1n) is 14.9. The fourth-order valence-corrected chi connectivity index (χ4v) is 7.51. The number of ether oxygens (including phenoxy) is 2. The summed E-state index contributed by atoms with van der Waals surface area (Å²) in [5.41, 5.74) is 4.09. The molecule has 5 rings (SSSR count). The van der Waals surface area contributed by atoms with E-state index in [4.69, 9.17) is 14.5 Å². The van der Waals surface area contributed by atoms with Crippen molar-refractivity contribution in [1.29, 1.82) is 0 Å². The van der Waals surface area contributed by atoms with Crippen LogP contribution in [0, 0.1) is 6.92 Å². The second kappa shape index (κ2) is 12.8. The first-order chi connectivity index (χ1) is 21.2. The lowest BCUT2D eigenvalue weighted by atomic mass is 9.99. The average Bonchev–Trinajstić information content (AvgIpc) is 3.46. The molecule has 1 aliphatic rings. The van der Waals surface area contributed by atoms with E-state index in [9.17, 15) is 13.2 Å². The molecule has 0 radical (unpaired) electrons. The quantitative estimate of drug-likeness (QED) is 0.210. The van der Waals surface area contributed by atoms with Crippen LogP contribution in [0.1, 0.15) is 62.0 Å². The minimum Gasteiger partial charge on any atom is -0.496 e. The molecule has 0 spiro atoms. The molecule has 1 amide bonds. The molecule has 1 atom stereocenters. The molecule has 1 N–H and O–H groups in total. The summed E-state index contributed by atoms with van der Waals surface area (Å²) in [6.07, 6.45) is 1.85.